The van der Waals surface area contributed by atoms with Gasteiger partial charge in [-0.05, 0) is 40.8 Å². The first-order chi connectivity index (χ1) is 7.50. The fraction of sp³-hybridized carbons (Fsp3) is 0.0909. The SMILES string of the molecule is Cn1cc(C(=O)O)c(=O)c2cc(I)ccc21. The molecule has 1 N–H and O–H groups in total. The van der Waals surface area contributed by atoms with Crippen molar-refractivity contribution in [2.45, 2.75) is 0 Å². The van der Waals surface area contributed by atoms with E-state index in [0.717, 1.165) is 9.09 Å². The van der Waals surface area contributed by atoms with E-state index in [9.17, 15) is 9.59 Å². The summed E-state index contributed by atoms with van der Waals surface area (Å²) in [4.78, 5) is 22.8. The molecular weight excluding hydrogens is 321 g/mol. The van der Waals surface area contributed by atoms with E-state index in [0.29, 0.717) is 5.39 Å². The van der Waals surface area contributed by atoms with Crippen LogP contribution in [0.25, 0.3) is 10.9 Å². The van der Waals surface area contributed by atoms with E-state index in [4.69, 9.17) is 5.11 Å². The van der Waals surface area contributed by atoms with Gasteiger partial charge >= 0.3 is 5.97 Å². The Labute approximate surface area is 105 Å². The molecule has 4 nitrogen and oxygen atoms in total. The zero-order valence-corrected chi connectivity index (χ0v) is 10.6. The Balaban J connectivity index is 2.98. The Kier molecular flexibility index (Phi) is 2.71. The maximum Gasteiger partial charge on any atom is 0.341 e. The second-order valence-electron chi connectivity index (χ2n) is 3.45. The summed E-state index contributed by atoms with van der Waals surface area (Å²) in [5.41, 5.74) is 0.103. The average Bonchev–Trinajstić information content (AvgIpc) is 2.22. The summed E-state index contributed by atoms with van der Waals surface area (Å²) < 4.78 is 2.56. The number of halogens is 1. The van der Waals surface area contributed by atoms with Gasteiger partial charge in [-0.2, -0.15) is 0 Å². The molecule has 0 fully saturated rings. The molecule has 16 heavy (non-hydrogen) atoms. The van der Waals surface area contributed by atoms with Gasteiger partial charge in [0.25, 0.3) is 0 Å². The molecule has 0 aliphatic carbocycles. The third-order valence-electron chi connectivity index (χ3n) is 2.38. The number of aryl methyl sites for hydroxylation is 1. The van der Waals surface area contributed by atoms with Gasteiger partial charge < -0.3 is 9.67 Å². The summed E-state index contributed by atoms with van der Waals surface area (Å²) in [5.74, 6) is -1.19. The van der Waals surface area contributed by atoms with Gasteiger partial charge in [-0.1, -0.05) is 0 Å². The summed E-state index contributed by atoms with van der Waals surface area (Å²) in [5, 5.41) is 9.34. The predicted molar refractivity (Wildman–Crippen MR) is 68.9 cm³/mol. The van der Waals surface area contributed by atoms with Crippen molar-refractivity contribution < 1.29 is 9.90 Å². The number of hydrogen-bond acceptors (Lipinski definition) is 2. The van der Waals surface area contributed by atoms with Crippen molar-refractivity contribution in [1.29, 1.82) is 0 Å². The van der Waals surface area contributed by atoms with Crippen molar-refractivity contribution in [3.63, 3.8) is 0 Å². The van der Waals surface area contributed by atoms with Crippen LogP contribution in [0.5, 0.6) is 0 Å². The van der Waals surface area contributed by atoms with E-state index in [1.54, 1.807) is 17.7 Å². The third kappa shape index (κ3) is 1.71. The Hall–Kier alpha value is -1.37. The number of fused-ring (bicyclic) bond motifs is 1. The molecule has 1 heterocycles. The van der Waals surface area contributed by atoms with Crippen LogP contribution in [0.4, 0.5) is 0 Å². The molecule has 0 saturated heterocycles. The van der Waals surface area contributed by atoms with Crippen molar-refractivity contribution in [2.75, 3.05) is 0 Å². The molecule has 0 saturated carbocycles. The second kappa shape index (κ2) is 3.89. The molecule has 2 aromatic rings. The number of benzene rings is 1. The van der Waals surface area contributed by atoms with Gasteiger partial charge in [-0.25, -0.2) is 4.79 Å². The first-order valence-electron chi connectivity index (χ1n) is 4.53. The topological polar surface area (TPSA) is 59.3 Å². The Morgan fingerprint density at radius 2 is 2.12 bits per heavy atom. The highest BCUT2D eigenvalue weighted by Crippen LogP contribution is 2.14. The number of aromatic nitrogens is 1. The Bertz CT molecular complexity index is 645. The summed E-state index contributed by atoms with van der Waals surface area (Å²) in [7, 11) is 1.72. The van der Waals surface area contributed by atoms with E-state index in [1.165, 1.54) is 6.20 Å². The lowest BCUT2D eigenvalue weighted by molar-refractivity contribution is 0.0695. The summed E-state index contributed by atoms with van der Waals surface area (Å²) in [6.45, 7) is 0. The number of carbonyl (C=O) groups is 1. The van der Waals surface area contributed by atoms with E-state index in [2.05, 4.69) is 22.6 Å². The molecule has 82 valence electrons. The van der Waals surface area contributed by atoms with Crippen LogP contribution < -0.4 is 5.43 Å². The molecule has 0 amide bonds. The maximum atomic E-state index is 11.9. The van der Waals surface area contributed by atoms with Crippen LogP contribution in [0.15, 0.2) is 29.2 Å². The smallest absolute Gasteiger partial charge is 0.341 e. The van der Waals surface area contributed by atoms with Gasteiger partial charge in [0.2, 0.25) is 5.43 Å². The lowest BCUT2D eigenvalue weighted by Crippen LogP contribution is -2.17. The fourth-order valence-corrected chi connectivity index (χ4v) is 2.11. The highest BCUT2D eigenvalue weighted by molar-refractivity contribution is 14.1. The van der Waals surface area contributed by atoms with Gasteiger partial charge in [0.15, 0.2) is 0 Å². The van der Waals surface area contributed by atoms with Crippen molar-refractivity contribution in [3.8, 4) is 0 Å². The van der Waals surface area contributed by atoms with Crippen molar-refractivity contribution in [2.24, 2.45) is 7.05 Å². The first-order valence-corrected chi connectivity index (χ1v) is 5.61. The molecule has 0 aliphatic heterocycles. The molecule has 2 rings (SSSR count). The molecule has 5 heteroatoms. The van der Waals surface area contributed by atoms with Crippen molar-refractivity contribution in [1.82, 2.24) is 4.57 Å². The molecule has 1 aromatic carbocycles. The molecular formula is C11H8INO3. The minimum absolute atomic E-state index is 0.197. The lowest BCUT2D eigenvalue weighted by Gasteiger charge is -2.06. The third-order valence-corrected chi connectivity index (χ3v) is 3.05. The summed E-state index contributed by atoms with van der Waals surface area (Å²) in [6, 6.07) is 5.39. The number of carboxylic acid groups (broad SMARTS) is 1. The van der Waals surface area contributed by atoms with E-state index in [1.807, 2.05) is 12.1 Å². The zero-order valence-electron chi connectivity index (χ0n) is 8.40. The van der Waals surface area contributed by atoms with E-state index in [-0.39, 0.29) is 5.56 Å². The number of carboxylic acids is 1. The normalized spacial score (nSPS) is 10.6. The summed E-state index contributed by atoms with van der Waals surface area (Å²) in [6.07, 6.45) is 1.35. The van der Waals surface area contributed by atoms with Gasteiger partial charge in [0, 0.05) is 22.2 Å². The number of aromatic carboxylic acids is 1. The highest BCUT2D eigenvalue weighted by atomic mass is 127. The average molecular weight is 329 g/mol. The van der Waals surface area contributed by atoms with Gasteiger partial charge in [-0.15, -0.1) is 0 Å². The van der Waals surface area contributed by atoms with Crippen LogP contribution in [-0.2, 0) is 7.05 Å². The minimum Gasteiger partial charge on any atom is -0.477 e. The molecule has 0 radical (unpaired) electrons. The van der Waals surface area contributed by atoms with Crippen LogP contribution in [0.2, 0.25) is 0 Å². The standard InChI is InChI=1S/C11H8INO3/c1-13-5-8(11(15)16)10(14)7-4-6(12)2-3-9(7)13/h2-5H,1H3,(H,15,16). The van der Waals surface area contributed by atoms with Crippen LogP contribution in [0.1, 0.15) is 10.4 Å². The lowest BCUT2D eigenvalue weighted by atomic mass is 10.1. The van der Waals surface area contributed by atoms with Crippen LogP contribution in [0.3, 0.4) is 0 Å². The second-order valence-corrected chi connectivity index (χ2v) is 4.70. The molecule has 0 unspecified atom stereocenters. The molecule has 0 spiro atoms. The molecule has 1 aromatic heterocycles. The Morgan fingerprint density at radius 3 is 2.75 bits per heavy atom. The predicted octanol–water partition coefficient (Wildman–Crippen LogP) is 1.84. The quantitative estimate of drug-likeness (QED) is 0.813. The number of rotatable bonds is 1. The van der Waals surface area contributed by atoms with Crippen molar-refractivity contribution >= 4 is 39.5 Å². The van der Waals surface area contributed by atoms with Crippen LogP contribution in [-0.4, -0.2) is 15.6 Å². The fourth-order valence-electron chi connectivity index (χ4n) is 1.62. The first kappa shape index (κ1) is 11.1. The van der Waals surface area contributed by atoms with Crippen LogP contribution in [0, 0.1) is 3.57 Å². The van der Waals surface area contributed by atoms with Crippen LogP contribution >= 0.6 is 22.6 Å². The van der Waals surface area contributed by atoms with Gasteiger partial charge in [-0.3, -0.25) is 4.79 Å². The van der Waals surface area contributed by atoms with E-state index >= 15 is 0 Å². The molecule has 0 aliphatic rings. The summed E-state index contributed by atoms with van der Waals surface area (Å²) >= 11 is 2.09. The monoisotopic (exact) mass is 329 g/mol. The van der Waals surface area contributed by atoms with Gasteiger partial charge in [0.1, 0.15) is 5.56 Å². The largest absolute Gasteiger partial charge is 0.477 e. The number of pyridine rings is 1. The molecule has 0 bridgehead atoms. The highest BCUT2D eigenvalue weighted by Gasteiger charge is 2.12. The Morgan fingerprint density at radius 1 is 1.44 bits per heavy atom. The number of nitrogens with zero attached hydrogens (tertiary/aromatic N) is 1. The maximum absolute atomic E-state index is 11.9. The zero-order chi connectivity index (χ0) is 11.9. The van der Waals surface area contributed by atoms with Gasteiger partial charge in [0.05, 0.1) is 5.52 Å². The van der Waals surface area contributed by atoms with Crippen molar-refractivity contribution in [3.05, 3.63) is 43.8 Å². The number of hydrogen-bond donors (Lipinski definition) is 1. The minimum atomic E-state index is -1.19. The van der Waals surface area contributed by atoms with E-state index < -0.39 is 11.4 Å². The molecule has 0 atom stereocenters.